The standard InChI is InChI=1S/C19H20N2OS/c1-12-5-7-15(8-6-12)11-17(22)20-19-21(4)18-14(3)9-13(2)10-16(18)23-19/h5-10H,11H2,1-4H3. The molecule has 3 rings (SSSR count). The highest BCUT2D eigenvalue weighted by molar-refractivity contribution is 7.16. The lowest BCUT2D eigenvalue weighted by molar-refractivity contribution is -0.117. The minimum Gasteiger partial charge on any atom is -0.319 e. The summed E-state index contributed by atoms with van der Waals surface area (Å²) >= 11 is 1.57. The topological polar surface area (TPSA) is 34.4 Å². The molecule has 0 aliphatic heterocycles. The molecule has 2 aromatic carbocycles. The second-order valence-electron chi connectivity index (χ2n) is 6.04. The van der Waals surface area contributed by atoms with Crippen molar-refractivity contribution < 1.29 is 4.79 Å². The Kier molecular flexibility index (Phi) is 4.18. The highest BCUT2D eigenvalue weighted by Crippen LogP contribution is 2.22. The second-order valence-corrected chi connectivity index (χ2v) is 7.05. The number of aryl methyl sites for hydroxylation is 4. The predicted molar refractivity (Wildman–Crippen MR) is 95.7 cm³/mol. The van der Waals surface area contributed by atoms with E-state index in [0.717, 1.165) is 15.9 Å². The minimum atomic E-state index is -0.106. The number of nitrogens with zero attached hydrogens (tertiary/aromatic N) is 2. The van der Waals surface area contributed by atoms with Crippen LogP contribution in [0.1, 0.15) is 22.3 Å². The van der Waals surface area contributed by atoms with Gasteiger partial charge >= 0.3 is 0 Å². The van der Waals surface area contributed by atoms with E-state index >= 15 is 0 Å². The van der Waals surface area contributed by atoms with Gasteiger partial charge in [0.05, 0.1) is 16.6 Å². The van der Waals surface area contributed by atoms with Gasteiger partial charge in [0.25, 0.3) is 5.91 Å². The summed E-state index contributed by atoms with van der Waals surface area (Å²) in [6.45, 7) is 6.23. The van der Waals surface area contributed by atoms with Gasteiger partial charge in [-0.1, -0.05) is 47.2 Å². The number of rotatable bonds is 2. The van der Waals surface area contributed by atoms with Gasteiger partial charge in [0, 0.05) is 7.05 Å². The smallest absolute Gasteiger partial charge is 0.252 e. The van der Waals surface area contributed by atoms with Crippen LogP contribution < -0.4 is 4.80 Å². The summed E-state index contributed by atoms with van der Waals surface area (Å²) in [5, 5.41) is 0. The molecule has 0 aliphatic carbocycles. The second kappa shape index (κ2) is 6.13. The number of benzene rings is 2. The molecule has 1 aromatic heterocycles. The van der Waals surface area contributed by atoms with Crippen molar-refractivity contribution in [3.05, 3.63) is 63.5 Å². The lowest BCUT2D eigenvalue weighted by Crippen LogP contribution is -2.14. The Labute approximate surface area is 139 Å². The summed E-state index contributed by atoms with van der Waals surface area (Å²) in [6, 6.07) is 12.3. The van der Waals surface area contributed by atoms with E-state index in [-0.39, 0.29) is 5.91 Å². The molecule has 3 aromatic rings. The Morgan fingerprint density at radius 2 is 1.78 bits per heavy atom. The van der Waals surface area contributed by atoms with Crippen molar-refractivity contribution in [1.29, 1.82) is 0 Å². The Balaban J connectivity index is 1.97. The van der Waals surface area contributed by atoms with Gasteiger partial charge in [0.2, 0.25) is 0 Å². The van der Waals surface area contributed by atoms with Gasteiger partial charge < -0.3 is 4.57 Å². The summed E-state index contributed by atoms with van der Waals surface area (Å²) in [6.07, 6.45) is 0.340. The molecular weight excluding hydrogens is 304 g/mol. The molecule has 0 bridgehead atoms. The van der Waals surface area contributed by atoms with Crippen LogP contribution in [0.3, 0.4) is 0 Å². The highest BCUT2D eigenvalue weighted by Gasteiger charge is 2.08. The van der Waals surface area contributed by atoms with Crippen molar-refractivity contribution in [2.75, 3.05) is 0 Å². The van der Waals surface area contributed by atoms with Gasteiger partial charge in [-0.3, -0.25) is 4.79 Å². The number of amides is 1. The summed E-state index contributed by atoms with van der Waals surface area (Å²) in [5.41, 5.74) is 5.79. The van der Waals surface area contributed by atoms with Crippen LogP contribution in [-0.4, -0.2) is 10.5 Å². The van der Waals surface area contributed by atoms with Gasteiger partial charge in [0.1, 0.15) is 0 Å². The molecule has 0 spiro atoms. The van der Waals surface area contributed by atoms with E-state index in [2.05, 4.69) is 31.0 Å². The van der Waals surface area contributed by atoms with Crippen molar-refractivity contribution in [2.45, 2.75) is 27.2 Å². The summed E-state index contributed by atoms with van der Waals surface area (Å²) in [7, 11) is 1.97. The molecule has 0 unspecified atom stereocenters. The first-order chi connectivity index (χ1) is 10.9. The van der Waals surface area contributed by atoms with Crippen LogP contribution in [0.2, 0.25) is 0 Å². The number of hydrogen-bond donors (Lipinski definition) is 0. The SMILES string of the molecule is Cc1ccc(CC(=O)N=c2sc3cc(C)cc(C)c3n2C)cc1. The number of carbonyl (C=O) groups excluding carboxylic acids is 1. The lowest BCUT2D eigenvalue weighted by Gasteiger charge is -2.01. The molecule has 3 nitrogen and oxygen atoms in total. The molecule has 0 aliphatic rings. The van der Waals surface area contributed by atoms with Crippen LogP contribution in [0.15, 0.2) is 41.4 Å². The normalized spacial score (nSPS) is 12.1. The average Bonchev–Trinajstić information content (AvgIpc) is 2.77. The van der Waals surface area contributed by atoms with Crippen LogP contribution in [0, 0.1) is 20.8 Å². The monoisotopic (exact) mass is 324 g/mol. The maximum Gasteiger partial charge on any atom is 0.252 e. The van der Waals surface area contributed by atoms with E-state index in [1.54, 1.807) is 11.3 Å². The maximum absolute atomic E-state index is 12.3. The van der Waals surface area contributed by atoms with Crippen molar-refractivity contribution >= 4 is 27.5 Å². The number of hydrogen-bond acceptors (Lipinski definition) is 2. The summed E-state index contributed by atoms with van der Waals surface area (Å²) in [4.78, 5) is 17.4. The van der Waals surface area contributed by atoms with Crippen LogP contribution in [-0.2, 0) is 18.3 Å². The molecule has 0 atom stereocenters. The van der Waals surface area contributed by atoms with Crippen LogP contribution >= 0.6 is 11.3 Å². The zero-order valence-electron chi connectivity index (χ0n) is 13.9. The van der Waals surface area contributed by atoms with Gasteiger partial charge in [-0.05, 0) is 43.5 Å². The zero-order valence-corrected chi connectivity index (χ0v) is 14.7. The summed E-state index contributed by atoms with van der Waals surface area (Å²) < 4.78 is 3.19. The third-order valence-electron chi connectivity index (χ3n) is 3.93. The molecule has 1 heterocycles. The fraction of sp³-hybridized carbons (Fsp3) is 0.263. The fourth-order valence-electron chi connectivity index (χ4n) is 2.82. The third kappa shape index (κ3) is 3.27. The predicted octanol–water partition coefficient (Wildman–Crippen LogP) is 3.84. The van der Waals surface area contributed by atoms with E-state index in [0.29, 0.717) is 6.42 Å². The quantitative estimate of drug-likeness (QED) is 0.705. The fourth-order valence-corrected chi connectivity index (χ4v) is 4.03. The van der Waals surface area contributed by atoms with Crippen LogP contribution in [0.5, 0.6) is 0 Å². The summed E-state index contributed by atoms with van der Waals surface area (Å²) in [5.74, 6) is -0.106. The molecule has 1 amide bonds. The molecular formula is C19H20N2OS. The molecule has 0 N–H and O–H groups in total. The Hall–Kier alpha value is -2.20. The van der Waals surface area contributed by atoms with E-state index in [9.17, 15) is 4.79 Å². The van der Waals surface area contributed by atoms with Crippen LogP contribution in [0.25, 0.3) is 10.2 Å². The first-order valence-corrected chi connectivity index (χ1v) is 8.45. The minimum absolute atomic E-state index is 0.106. The van der Waals surface area contributed by atoms with Crippen LogP contribution in [0.4, 0.5) is 0 Å². The van der Waals surface area contributed by atoms with Crippen molar-refractivity contribution in [2.24, 2.45) is 12.0 Å². The Morgan fingerprint density at radius 3 is 2.48 bits per heavy atom. The molecule has 0 saturated heterocycles. The largest absolute Gasteiger partial charge is 0.319 e. The van der Waals surface area contributed by atoms with Gasteiger partial charge in [-0.2, -0.15) is 4.99 Å². The van der Waals surface area contributed by atoms with Gasteiger partial charge in [0.15, 0.2) is 4.80 Å². The molecule has 0 saturated carbocycles. The van der Waals surface area contributed by atoms with Gasteiger partial charge in [-0.25, -0.2) is 0 Å². The highest BCUT2D eigenvalue weighted by atomic mass is 32.1. The molecule has 23 heavy (non-hydrogen) atoms. The van der Waals surface area contributed by atoms with Gasteiger partial charge in [-0.15, -0.1) is 0 Å². The third-order valence-corrected chi connectivity index (χ3v) is 5.01. The molecule has 4 heteroatoms. The van der Waals surface area contributed by atoms with Crippen molar-refractivity contribution in [3.8, 4) is 0 Å². The number of aromatic nitrogens is 1. The lowest BCUT2D eigenvalue weighted by atomic mass is 10.1. The maximum atomic E-state index is 12.3. The zero-order chi connectivity index (χ0) is 16.6. The Bertz CT molecular complexity index is 946. The molecule has 0 fully saturated rings. The van der Waals surface area contributed by atoms with Crippen molar-refractivity contribution in [3.63, 3.8) is 0 Å². The molecule has 0 radical (unpaired) electrons. The number of carbonyl (C=O) groups is 1. The van der Waals surface area contributed by atoms with E-state index < -0.39 is 0 Å². The van der Waals surface area contributed by atoms with E-state index in [1.165, 1.54) is 21.4 Å². The van der Waals surface area contributed by atoms with E-state index in [1.807, 2.05) is 42.8 Å². The number of thiazole rings is 1. The Morgan fingerprint density at radius 1 is 1.09 bits per heavy atom. The van der Waals surface area contributed by atoms with Crippen molar-refractivity contribution in [1.82, 2.24) is 4.57 Å². The molecule has 118 valence electrons. The first kappa shape index (κ1) is 15.7. The number of fused-ring (bicyclic) bond motifs is 1. The van der Waals surface area contributed by atoms with E-state index in [4.69, 9.17) is 0 Å². The average molecular weight is 324 g/mol. The first-order valence-electron chi connectivity index (χ1n) is 7.64.